The Bertz CT molecular complexity index is 626. The van der Waals surface area contributed by atoms with Crippen LogP contribution >= 0.6 is 0 Å². The number of piperidine rings is 1. The van der Waals surface area contributed by atoms with Crippen molar-refractivity contribution in [2.24, 2.45) is 10.9 Å². The maximum absolute atomic E-state index is 12.3. The van der Waals surface area contributed by atoms with Crippen molar-refractivity contribution in [2.45, 2.75) is 13.0 Å². The predicted octanol–water partition coefficient (Wildman–Crippen LogP) is 2.32. The van der Waals surface area contributed by atoms with Gasteiger partial charge in [-0.05, 0) is 12.0 Å². The molecule has 24 heavy (non-hydrogen) atoms. The third-order valence-corrected chi connectivity index (χ3v) is 3.62. The molecule has 0 bridgehead atoms. The highest BCUT2D eigenvalue weighted by atomic mass is 16.6. The fraction of sp³-hybridized carbons (Fsp3) is 0.389. The van der Waals surface area contributed by atoms with E-state index in [9.17, 15) is 9.59 Å². The molecule has 1 saturated heterocycles. The Balaban J connectivity index is 1.93. The Labute approximate surface area is 142 Å². The molecule has 128 valence electrons. The fourth-order valence-corrected chi connectivity index (χ4v) is 2.47. The molecule has 1 aliphatic rings. The van der Waals surface area contributed by atoms with Crippen LogP contribution < -0.4 is 0 Å². The molecule has 6 nitrogen and oxygen atoms in total. The summed E-state index contributed by atoms with van der Waals surface area (Å²) < 4.78 is 5.33. The molecule has 1 unspecified atom stereocenters. The van der Waals surface area contributed by atoms with E-state index in [1.54, 1.807) is 19.0 Å². The van der Waals surface area contributed by atoms with E-state index in [1.165, 1.54) is 11.2 Å². The van der Waals surface area contributed by atoms with Crippen LogP contribution in [0, 0.1) is 5.92 Å². The lowest BCUT2D eigenvalue weighted by atomic mass is 9.94. The SMILES string of the molecule is C=C1CC(C(=O)N=CN(C)C)CN(C(=O)OCc2ccccc2)C1. The topological polar surface area (TPSA) is 62.2 Å². The number of benzene rings is 1. The summed E-state index contributed by atoms with van der Waals surface area (Å²) in [4.78, 5) is 31.5. The first-order chi connectivity index (χ1) is 11.5. The number of rotatable bonds is 4. The van der Waals surface area contributed by atoms with Gasteiger partial charge in [-0.15, -0.1) is 0 Å². The highest BCUT2D eigenvalue weighted by Crippen LogP contribution is 2.22. The molecule has 1 atom stereocenters. The lowest BCUT2D eigenvalue weighted by Crippen LogP contribution is -2.43. The number of carbonyl (C=O) groups is 2. The number of carbonyl (C=O) groups excluding carboxylic acids is 2. The van der Waals surface area contributed by atoms with E-state index < -0.39 is 6.09 Å². The highest BCUT2D eigenvalue weighted by molar-refractivity contribution is 5.87. The zero-order valence-corrected chi connectivity index (χ0v) is 14.1. The Morgan fingerprint density at radius 3 is 2.75 bits per heavy atom. The van der Waals surface area contributed by atoms with Crippen molar-refractivity contribution in [1.29, 1.82) is 0 Å². The van der Waals surface area contributed by atoms with Crippen LogP contribution in [0.2, 0.25) is 0 Å². The van der Waals surface area contributed by atoms with Crippen molar-refractivity contribution in [2.75, 3.05) is 27.2 Å². The summed E-state index contributed by atoms with van der Waals surface area (Å²) in [5.41, 5.74) is 1.75. The molecule has 0 saturated carbocycles. The van der Waals surface area contributed by atoms with Crippen molar-refractivity contribution >= 4 is 18.3 Å². The van der Waals surface area contributed by atoms with Crippen LogP contribution in [0.4, 0.5) is 4.79 Å². The molecular formula is C18H23N3O3. The number of ether oxygens (including phenoxy) is 1. The summed E-state index contributed by atoms with van der Waals surface area (Å²) in [5, 5.41) is 0. The molecule has 0 radical (unpaired) electrons. The molecule has 1 aromatic carbocycles. The van der Waals surface area contributed by atoms with Crippen LogP contribution in [0.3, 0.4) is 0 Å². The van der Waals surface area contributed by atoms with Crippen molar-refractivity contribution in [1.82, 2.24) is 9.80 Å². The molecule has 1 aliphatic heterocycles. The highest BCUT2D eigenvalue weighted by Gasteiger charge is 2.30. The largest absolute Gasteiger partial charge is 0.445 e. The van der Waals surface area contributed by atoms with E-state index in [4.69, 9.17) is 4.74 Å². The molecule has 1 fully saturated rings. The summed E-state index contributed by atoms with van der Waals surface area (Å²) in [6.07, 6.45) is 1.58. The van der Waals surface area contributed by atoms with Crippen LogP contribution in [0.15, 0.2) is 47.5 Å². The van der Waals surface area contributed by atoms with E-state index >= 15 is 0 Å². The van der Waals surface area contributed by atoms with Gasteiger partial charge in [0.15, 0.2) is 0 Å². The molecule has 6 heteroatoms. The van der Waals surface area contributed by atoms with E-state index in [1.807, 2.05) is 30.3 Å². The Hall–Kier alpha value is -2.63. The molecule has 0 aliphatic carbocycles. The summed E-state index contributed by atoms with van der Waals surface area (Å²) in [6.45, 7) is 4.85. The van der Waals surface area contributed by atoms with Gasteiger partial charge >= 0.3 is 6.09 Å². The Morgan fingerprint density at radius 1 is 1.38 bits per heavy atom. The average Bonchev–Trinajstić information content (AvgIpc) is 2.57. The summed E-state index contributed by atoms with van der Waals surface area (Å²) >= 11 is 0. The van der Waals surface area contributed by atoms with Crippen molar-refractivity contribution in [3.63, 3.8) is 0 Å². The van der Waals surface area contributed by atoms with Gasteiger partial charge in [0.25, 0.3) is 5.91 Å². The van der Waals surface area contributed by atoms with Crippen molar-refractivity contribution < 1.29 is 14.3 Å². The van der Waals surface area contributed by atoms with Gasteiger partial charge in [0.2, 0.25) is 0 Å². The molecule has 0 aromatic heterocycles. The van der Waals surface area contributed by atoms with Gasteiger partial charge in [-0.1, -0.05) is 42.5 Å². The molecule has 2 rings (SSSR count). The van der Waals surface area contributed by atoms with Gasteiger partial charge in [-0.2, -0.15) is 0 Å². The van der Waals surface area contributed by atoms with Crippen LogP contribution in [-0.2, 0) is 16.1 Å². The number of hydrogen-bond acceptors (Lipinski definition) is 3. The Morgan fingerprint density at radius 2 is 2.08 bits per heavy atom. The second-order valence-electron chi connectivity index (χ2n) is 6.12. The van der Waals surface area contributed by atoms with Gasteiger partial charge in [-0.25, -0.2) is 9.79 Å². The average molecular weight is 329 g/mol. The summed E-state index contributed by atoms with van der Waals surface area (Å²) in [5.74, 6) is -0.614. The van der Waals surface area contributed by atoms with Crippen molar-refractivity contribution in [3.05, 3.63) is 48.0 Å². The third kappa shape index (κ3) is 5.22. The van der Waals surface area contributed by atoms with Crippen molar-refractivity contribution in [3.8, 4) is 0 Å². The number of likely N-dealkylation sites (tertiary alicyclic amines) is 1. The minimum absolute atomic E-state index is 0.208. The first-order valence-corrected chi connectivity index (χ1v) is 7.82. The zero-order chi connectivity index (χ0) is 17.5. The second-order valence-corrected chi connectivity index (χ2v) is 6.12. The van der Waals surface area contributed by atoms with Crippen LogP contribution in [-0.4, -0.2) is 55.3 Å². The van der Waals surface area contributed by atoms with E-state index in [0.717, 1.165) is 11.1 Å². The molecule has 2 amide bonds. The van der Waals surface area contributed by atoms with E-state index in [-0.39, 0.29) is 18.4 Å². The quantitative estimate of drug-likeness (QED) is 0.483. The minimum Gasteiger partial charge on any atom is -0.445 e. The van der Waals surface area contributed by atoms with Crippen LogP contribution in [0.1, 0.15) is 12.0 Å². The number of aliphatic imine (C=N–C) groups is 1. The normalized spacial score (nSPS) is 17.8. The maximum Gasteiger partial charge on any atom is 0.410 e. The van der Waals surface area contributed by atoms with Gasteiger partial charge in [0.1, 0.15) is 6.61 Å². The Kier molecular flexibility index (Phi) is 6.12. The predicted molar refractivity (Wildman–Crippen MR) is 92.6 cm³/mol. The van der Waals surface area contributed by atoms with Crippen LogP contribution in [0.25, 0.3) is 0 Å². The molecular weight excluding hydrogens is 306 g/mol. The lowest BCUT2D eigenvalue weighted by molar-refractivity contribution is -0.122. The first-order valence-electron chi connectivity index (χ1n) is 7.82. The number of nitrogens with zero attached hydrogens (tertiary/aromatic N) is 3. The number of hydrogen-bond donors (Lipinski definition) is 0. The van der Waals surface area contributed by atoms with E-state index in [2.05, 4.69) is 11.6 Å². The van der Waals surface area contributed by atoms with Gasteiger partial charge in [0, 0.05) is 27.2 Å². The summed E-state index contributed by atoms with van der Waals surface area (Å²) in [6, 6.07) is 9.48. The van der Waals surface area contributed by atoms with Crippen LogP contribution in [0.5, 0.6) is 0 Å². The van der Waals surface area contributed by atoms with Gasteiger partial charge in [-0.3, -0.25) is 4.79 Å². The molecule has 0 spiro atoms. The molecule has 1 heterocycles. The number of amides is 2. The third-order valence-electron chi connectivity index (χ3n) is 3.62. The first kappa shape index (κ1) is 17.7. The summed E-state index contributed by atoms with van der Waals surface area (Å²) in [7, 11) is 3.59. The lowest BCUT2D eigenvalue weighted by Gasteiger charge is -2.31. The fourth-order valence-electron chi connectivity index (χ4n) is 2.47. The second kappa shape index (κ2) is 8.29. The van der Waals surface area contributed by atoms with Gasteiger partial charge in [0.05, 0.1) is 12.3 Å². The smallest absolute Gasteiger partial charge is 0.410 e. The monoisotopic (exact) mass is 329 g/mol. The standard InChI is InChI=1S/C18H23N3O3/c1-14-9-16(17(22)19-13-20(2)3)11-21(10-14)18(23)24-12-15-7-5-4-6-8-15/h4-8,13,16H,1,9-12H2,2-3H3. The molecule has 1 aromatic rings. The maximum atomic E-state index is 12.3. The molecule has 0 N–H and O–H groups in total. The van der Waals surface area contributed by atoms with Gasteiger partial charge < -0.3 is 14.5 Å². The zero-order valence-electron chi connectivity index (χ0n) is 14.1. The van der Waals surface area contributed by atoms with E-state index in [0.29, 0.717) is 19.5 Å². The minimum atomic E-state index is -0.436.